The topological polar surface area (TPSA) is 52.6 Å². The van der Waals surface area contributed by atoms with Gasteiger partial charge in [-0.15, -0.1) is 0 Å². The summed E-state index contributed by atoms with van der Waals surface area (Å²) in [6, 6.07) is 0. The van der Waals surface area contributed by atoms with Crippen LogP contribution >= 0.6 is 0 Å². The molecule has 4 heteroatoms. The largest absolute Gasteiger partial charge is 0.463 e. The lowest BCUT2D eigenvalue weighted by Gasteiger charge is -2.01. The minimum Gasteiger partial charge on any atom is -0.463 e. The van der Waals surface area contributed by atoms with Crippen LogP contribution in [0.4, 0.5) is 0 Å². The summed E-state index contributed by atoms with van der Waals surface area (Å²) in [4.78, 5) is 21.1. The molecule has 0 heterocycles. The number of esters is 2. The van der Waals surface area contributed by atoms with Crippen molar-refractivity contribution in [1.82, 2.24) is 0 Å². The zero-order valence-corrected chi connectivity index (χ0v) is 6.75. The van der Waals surface area contributed by atoms with Crippen LogP contribution in [0.3, 0.4) is 0 Å². The van der Waals surface area contributed by atoms with E-state index in [4.69, 9.17) is 0 Å². The van der Waals surface area contributed by atoms with Crippen LogP contribution in [0.2, 0.25) is 0 Å². The smallest absolute Gasteiger partial charge is 0.344 e. The molecule has 0 aliphatic rings. The average Bonchev–Trinajstić information content (AvgIpc) is 2.01. The van der Waals surface area contributed by atoms with Crippen molar-refractivity contribution in [3.05, 3.63) is 0 Å². The molecule has 0 aliphatic carbocycles. The van der Waals surface area contributed by atoms with Gasteiger partial charge in [-0.3, -0.25) is 4.79 Å². The second-order valence-corrected chi connectivity index (χ2v) is 1.82. The van der Waals surface area contributed by atoms with Crippen molar-refractivity contribution in [3.8, 4) is 0 Å². The van der Waals surface area contributed by atoms with Crippen molar-refractivity contribution < 1.29 is 19.1 Å². The molecule has 0 unspecified atom stereocenters. The Morgan fingerprint density at radius 3 is 2.18 bits per heavy atom. The van der Waals surface area contributed by atoms with E-state index in [9.17, 15) is 9.59 Å². The van der Waals surface area contributed by atoms with Crippen molar-refractivity contribution in [1.29, 1.82) is 0 Å². The second kappa shape index (κ2) is 5.70. The standard InChI is InChI=1S/C7H12O4/c1-3-6(8)11-5-7(9)10-4-2/h3-5H2,1-2H3. The maximum absolute atomic E-state index is 10.6. The third kappa shape index (κ3) is 5.39. The van der Waals surface area contributed by atoms with Crippen molar-refractivity contribution >= 4 is 11.9 Å². The van der Waals surface area contributed by atoms with Gasteiger partial charge >= 0.3 is 11.9 Å². The van der Waals surface area contributed by atoms with E-state index < -0.39 is 11.9 Å². The van der Waals surface area contributed by atoms with Gasteiger partial charge in [0.15, 0.2) is 6.61 Å². The Kier molecular flexibility index (Phi) is 5.15. The molecule has 0 aromatic rings. The molecule has 0 aliphatic heterocycles. The molecule has 0 rings (SSSR count). The van der Waals surface area contributed by atoms with Crippen LogP contribution in [-0.2, 0) is 19.1 Å². The third-order valence-corrected chi connectivity index (χ3v) is 0.945. The Morgan fingerprint density at radius 2 is 1.73 bits per heavy atom. The Morgan fingerprint density at radius 1 is 1.09 bits per heavy atom. The van der Waals surface area contributed by atoms with Gasteiger partial charge < -0.3 is 9.47 Å². The second-order valence-electron chi connectivity index (χ2n) is 1.82. The van der Waals surface area contributed by atoms with Gasteiger partial charge in [0.05, 0.1) is 6.61 Å². The average molecular weight is 160 g/mol. The molecule has 0 atom stereocenters. The maximum atomic E-state index is 10.6. The Labute approximate surface area is 65.5 Å². The third-order valence-electron chi connectivity index (χ3n) is 0.945. The Bertz CT molecular complexity index is 141. The predicted octanol–water partition coefficient (Wildman–Crippen LogP) is 0.503. The summed E-state index contributed by atoms with van der Waals surface area (Å²) in [7, 11) is 0. The van der Waals surface area contributed by atoms with E-state index >= 15 is 0 Å². The first-order valence-corrected chi connectivity index (χ1v) is 3.52. The molecule has 0 N–H and O–H groups in total. The molecule has 0 fully saturated rings. The molecule has 0 aromatic carbocycles. The molecule has 0 bridgehead atoms. The van der Waals surface area contributed by atoms with Crippen LogP contribution in [-0.4, -0.2) is 25.2 Å². The van der Waals surface area contributed by atoms with Crippen molar-refractivity contribution in [2.24, 2.45) is 0 Å². The van der Waals surface area contributed by atoms with E-state index in [-0.39, 0.29) is 13.0 Å². The van der Waals surface area contributed by atoms with Gasteiger partial charge in [0, 0.05) is 6.42 Å². The summed E-state index contributed by atoms with van der Waals surface area (Å²) < 4.78 is 9.01. The highest BCUT2D eigenvalue weighted by Gasteiger charge is 2.04. The van der Waals surface area contributed by atoms with Gasteiger partial charge in [0.25, 0.3) is 0 Å². The summed E-state index contributed by atoms with van der Waals surface area (Å²) >= 11 is 0. The van der Waals surface area contributed by atoms with Gasteiger partial charge in [-0.05, 0) is 6.92 Å². The van der Waals surface area contributed by atoms with Crippen LogP contribution in [0.25, 0.3) is 0 Å². The van der Waals surface area contributed by atoms with Gasteiger partial charge in [-0.1, -0.05) is 6.92 Å². The van der Waals surface area contributed by atoms with E-state index in [1.807, 2.05) is 0 Å². The van der Waals surface area contributed by atoms with Gasteiger partial charge in [-0.2, -0.15) is 0 Å². The number of hydrogen-bond donors (Lipinski definition) is 0. The fraction of sp³-hybridized carbons (Fsp3) is 0.714. The zero-order chi connectivity index (χ0) is 8.69. The van der Waals surface area contributed by atoms with Crippen LogP contribution in [0, 0.1) is 0 Å². The summed E-state index contributed by atoms with van der Waals surface area (Å²) in [6.45, 7) is 3.38. The van der Waals surface area contributed by atoms with Gasteiger partial charge in [-0.25, -0.2) is 4.79 Å². The highest BCUT2D eigenvalue weighted by Crippen LogP contribution is 1.85. The molecule has 0 saturated carbocycles. The first-order valence-electron chi connectivity index (χ1n) is 3.52. The molecule has 0 amide bonds. The van der Waals surface area contributed by atoms with E-state index in [1.165, 1.54) is 0 Å². The number of carbonyl (C=O) groups excluding carboxylic acids is 2. The lowest BCUT2D eigenvalue weighted by molar-refractivity contribution is -0.158. The highest BCUT2D eigenvalue weighted by atomic mass is 16.6. The molecule has 64 valence electrons. The molecular weight excluding hydrogens is 148 g/mol. The predicted molar refractivity (Wildman–Crippen MR) is 37.9 cm³/mol. The molecule has 0 saturated heterocycles. The lowest BCUT2D eigenvalue weighted by Crippen LogP contribution is -2.15. The normalized spacial score (nSPS) is 8.91. The summed E-state index contributed by atoms with van der Waals surface area (Å²) in [5.41, 5.74) is 0. The van der Waals surface area contributed by atoms with Crippen LogP contribution in [0.15, 0.2) is 0 Å². The number of hydrogen-bond acceptors (Lipinski definition) is 4. The zero-order valence-electron chi connectivity index (χ0n) is 6.75. The molecule has 4 nitrogen and oxygen atoms in total. The molecule has 0 radical (unpaired) electrons. The lowest BCUT2D eigenvalue weighted by atomic mass is 10.5. The summed E-state index contributed by atoms with van der Waals surface area (Å²) in [6.07, 6.45) is 0.277. The molecule has 11 heavy (non-hydrogen) atoms. The van der Waals surface area contributed by atoms with E-state index in [0.29, 0.717) is 6.61 Å². The van der Waals surface area contributed by atoms with Crippen LogP contribution in [0.1, 0.15) is 20.3 Å². The van der Waals surface area contributed by atoms with E-state index in [0.717, 1.165) is 0 Å². The van der Waals surface area contributed by atoms with Crippen molar-refractivity contribution in [2.75, 3.05) is 13.2 Å². The number of carbonyl (C=O) groups is 2. The molecule has 0 spiro atoms. The minimum atomic E-state index is -0.505. The van der Waals surface area contributed by atoms with Gasteiger partial charge in [0.2, 0.25) is 0 Å². The minimum absolute atomic E-state index is 0.277. The SMILES string of the molecule is CCOC(=O)COC(=O)CC. The number of rotatable bonds is 4. The maximum Gasteiger partial charge on any atom is 0.344 e. The Hall–Kier alpha value is -1.06. The fourth-order valence-corrected chi connectivity index (χ4v) is 0.444. The Balaban J connectivity index is 3.38. The first-order chi connectivity index (χ1) is 5.20. The highest BCUT2D eigenvalue weighted by molar-refractivity contribution is 5.76. The summed E-state index contributed by atoms with van der Waals surface area (Å²) in [5, 5.41) is 0. The van der Waals surface area contributed by atoms with Crippen molar-refractivity contribution in [2.45, 2.75) is 20.3 Å². The quantitative estimate of drug-likeness (QED) is 0.562. The molecular formula is C7H12O4. The molecule has 0 aromatic heterocycles. The monoisotopic (exact) mass is 160 g/mol. The fourth-order valence-electron chi connectivity index (χ4n) is 0.444. The number of ether oxygens (including phenoxy) is 2. The van der Waals surface area contributed by atoms with Crippen LogP contribution in [0.5, 0.6) is 0 Å². The van der Waals surface area contributed by atoms with E-state index in [1.54, 1.807) is 13.8 Å². The first kappa shape index (κ1) is 9.94. The summed E-state index contributed by atoms with van der Waals surface area (Å²) in [5.74, 6) is -0.896. The van der Waals surface area contributed by atoms with Crippen LogP contribution < -0.4 is 0 Å². The van der Waals surface area contributed by atoms with Gasteiger partial charge in [0.1, 0.15) is 0 Å². The van der Waals surface area contributed by atoms with Crippen molar-refractivity contribution in [3.63, 3.8) is 0 Å². The van der Waals surface area contributed by atoms with E-state index in [2.05, 4.69) is 9.47 Å².